The quantitative estimate of drug-likeness (QED) is 0.0319. The number of aliphatic hydroxyl groups excluding tert-OH is 1. The van der Waals surface area contributed by atoms with Gasteiger partial charge in [0.15, 0.2) is 0 Å². The van der Waals surface area contributed by atoms with Gasteiger partial charge >= 0.3 is 5.97 Å². The lowest BCUT2D eigenvalue weighted by Crippen LogP contribution is -2.46. The number of ether oxygens (including phenoxy) is 3. The van der Waals surface area contributed by atoms with Gasteiger partial charge in [-0.15, -0.1) is 0 Å². The fourth-order valence-corrected chi connectivity index (χ4v) is 10.6. The van der Waals surface area contributed by atoms with Gasteiger partial charge in [0.1, 0.15) is 17.1 Å². The first kappa shape index (κ1) is 62.6. The van der Waals surface area contributed by atoms with E-state index in [-0.39, 0.29) is 37.4 Å². The number of unbranched alkanes of at least 4 members (excludes halogenated alkanes) is 21. The standard InChI is InChI=1S/C63H97N3O9/c1-61(50-67)48-66(49-62(61,2)51-75-63(52-32-24-23-25-33-52,53-38-42-55(73-3)43-39-53)54-40-44-56(74-4)45-41-54)59(70)36-28-19-14-13-18-27-35-58(69)65-47-30-21-15-9-5-7-11-17-26-34-57(68)64-46-31-22-16-10-6-8-12-20-29-37-60(71)72/h23-25,32-33,38-45,67H,5-22,26-31,34-37,46-51H2,1-4H3,(H,64,68)(H,65,69)(H,71,72)/t61-,62+/m0/s1. The summed E-state index contributed by atoms with van der Waals surface area (Å²) in [6.07, 6.45) is 27.9. The average Bonchev–Trinajstić information content (AvgIpc) is 3.70. The van der Waals surface area contributed by atoms with E-state index in [4.69, 9.17) is 19.3 Å². The predicted octanol–water partition coefficient (Wildman–Crippen LogP) is 13.1. The van der Waals surface area contributed by atoms with Crippen LogP contribution in [-0.2, 0) is 29.5 Å². The molecule has 2 atom stereocenters. The van der Waals surface area contributed by atoms with Crippen molar-refractivity contribution in [1.29, 1.82) is 0 Å². The topological polar surface area (TPSA) is 164 Å². The van der Waals surface area contributed by atoms with Gasteiger partial charge in [0.2, 0.25) is 17.7 Å². The van der Waals surface area contributed by atoms with Crippen molar-refractivity contribution in [2.24, 2.45) is 10.8 Å². The van der Waals surface area contributed by atoms with Crippen molar-refractivity contribution >= 4 is 23.7 Å². The number of nitrogens with one attached hydrogen (secondary N) is 2. The van der Waals surface area contributed by atoms with Crippen molar-refractivity contribution < 1.29 is 43.6 Å². The van der Waals surface area contributed by atoms with Gasteiger partial charge in [0, 0.05) is 62.7 Å². The number of hydrogen-bond donors (Lipinski definition) is 4. The van der Waals surface area contributed by atoms with Crippen LogP contribution in [0.3, 0.4) is 0 Å². The van der Waals surface area contributed by atoms with Gasteiger partial charge in [-0.1, -0.05) is 184 Å². The van der Waals surface area contributed by atoms with E-state index in [1.165, 1.54) is 57.8 Å². The van der Waals surface area contributed by atoms with Gasteiger partial charge in [-0.05, 0) is 79.5 Å². The Morgan fingerprint density at radius 1 is 0.493 bits per heavy atom. The van der Waals surface area contributed by atoms with Gasteiger partial charge in [-0.25, -0.2) is 0 Å². The molecule has 4 N–H and O–H groups in total. The number of carbonyl (C=O) groups is 4. The highest BCUT2D eigenvalue weighted by Crippen LogP contribution is 2.50. The first-order valence-corrected chi connectivity index (χ1v) is 29.0. The summed E-state index contributed by atoms with van der Waals surface area (Å²) in [5.41, 5.74) is 0.684. The van der Waals surface area contributed by atoms with Crippen molar-refractivity contribution in [1.82, 2.24) is 15.5 Å². The summed E-state index contributed by atoms with van der Waals surface area (Å²) in [4.78, 5) is 50.9. The van der Waals surface area contributed by atoms with Crippen molar-refractivity contribution in [3.8, 4) is 11.5 Å². The number of likely N-dealkylation sites (tertiary alicyclic amines) is 1. The van der Waals surface area contributed by atoms with Gasteiger partial charge in [0.05, 0.1) is 27.4 Å². The van der Waals surface area contributed by atoms with Crippen LogP contribution in [0.15, 0.2) is 78.9 Å². The highest BCUT2D eigenvalue weighted by atomic mass is 16.5. The summed E-state index contributed by atoms with van der Waals surface area (Å²) in [5, 5.41) is 25.8. The minimum atomic E-state index is -1.01. The molecule has 418 valence electrons. The van der Waals surface area contributed by atoms with E-state index in [9.17, 15) is 24.3 Å². The van der Waals surface area contributed by atoms with Crippen LogP contribution in [0.25, 0.3) is 0 Å². The van der Waals surface area contributed by atoms with E-state index >= 15 is 0 Å². The first-order valence-electron chi connectivity index (χ1n) is 29.0. The number of nitrogens with zero attached hydrogens (tertiary/aromatic N) is 1. The Kier molecular flexibility index (Phi) is 29.5. The number of aliphatic carboxylic acids is 1. The molecule has 12 heteroatoms. The zero-order chi connectivity index (χ0) is 54.0. The third-order valence-electron chi connectivity index (χ3n) is 15.9. The Hall–Kier alpha value is -4.94. The van der Waals surface area contributed by atoms with E-state index in [2.05, 4.69) is 36.6 Å². The number of carbonyl (C=O) groups excluding carboxylic acids is 3. The summed E-state index contributed by atoms with van der Waals surface area (Å²) in [7, 11) is 3.31. The molecular weight excluding hydrogens is 943 g/mol. The van der Waals surface area contributed by atoms with Crippen LogP contribution >= 0.6 is 0 Å². The van der Waals surface area contributed by atoms with E-state index in [0.29, 0.717) is 32.4 Å². The van der Waals surface area contributed by atoms with Crippen LogP contribution in [0.2, 0.25) is 0 Å². The summed E-state index contributed by atoms with van der Waals surface area (Å²) in [5.74, 6) is 1.24. The van der Waals surface area contributed by atoms with E-state index in [1.54, 1.807) is 14.2 Å². The summed E-state index contributed by atoms with van der Waals surface area (Å²) in [6.45, 7) is 6.90. The Labute approximate surface area is 451 Å². The molecule has 3 aromatic rings. The fourth-order valence-electron chi connectivity index (χ4n) is 10.6. The SMILES string of the molecule is COc1ccc(C(OC[C@@]2(C)CN(C(=O)CCCCCCCCC(=O)NCCCCCCCCCCCC(=O)NCCCCCCCCCCCC(=O)O)C[C@@]2(C)CO)(c2ccccc2)c2ccc(OC)cc2)cc1. The molecular formula is C63H97N3O9. The molecule has 75 heavy (non-hydrogen) atoms. The number of benzene rings is 3. The zero-order valence-corrected chi connectivity index (χ0v) is 46.7. The third-order valence-corrected chi connectivity index (χ3v) is 15.9. The largest absolute Gasteiger partial charge is 0.497 e. The second-order valence-corrected chi connectivity index (χ2v) is 21.9. The molecule has 0 unspecified atom stereocenters. The molecule has 0 bridgehead atoms. The average molecular weight is 1040 g/mol. The molecule has 0 saturated carbocycles. The number of rotatable bonds is 42. The molecule has 1 aliphatic heterocycles. The fraction of sp³-hybridized carbons (Fsp3) is 0.651. The van der Waals surface area contributed by atoms with Crippen LogP contribution in [0.1, 0.15) is 210 Å². The molecule has 1 fully saturated rings. The number of amides is 3. The monoisotopic (exact) mass is 1040 g/mol. The molecule has 0 aliphatic carbocycles. The lowest BCUT2D eigenvalue weighted by Gasteiger charge is -2.43. The van der Waals surface area contributed by atoms with Gasteiger partial charge in [-0.2, -0.15) is 0 Å². The molecule has 0 aromatic heterocycles. The van der Waals surface area contributed by atoms with Crippen LogP contribution in [-0.4, -0.2) is 92.4 Å². The third kappa shape index (κ3) is 21.9. The molecule has 4 rings (SSSR count). The van der Waals surface area contributed by atoms with Crippen molar-refractivity contribution in [2.75, 3.05) is 53.6 Å². The molecule has 1 saturated heterocycles. The van der Waals surface area contributed by atoms with Crippen LogP contribution in [0.5, 0.6) is 11.5 Å². The maximum Gasteiger partial charge on any atom is 0.303 e. The Balaban J connectivity index is 1.02. The lowest BCUT2D eigenvalue weighted by atomic mass is 9.68. The van der Waals surface area contributed by atoms with E-state index < -0.39 is 22.4 Å². The number of carboxylic acid groups (broad SMARTS) is 1. The lowest BCUT2D eigenvalue weighted by molar-refractivity contribution is -0.137. The second kappa shape index (κ2) is 35.4. The summed E-state index contributed by atoms with van der Waals surface area (Å²) < 4.78 is 18.4. The molecule has 12 nitrogen and oxygen atoms in total. The smallest absolute Gasteiger partial charge is 0.303 e. The maximum atomic E-state index is 13.8. The van der Waals surface area contributed by atoms with Crippen LogP contribution in [0, 0.1) is 10.8 Å². The Bertz CT molecular complexity index is 2000. The maximum absolute atomic E-state index is 13.8. The van der Waals surface area contributed by atoms with Gasteiger partial charge in [0.25, 0.3) is 0 Å². The number of hydrogen-bond acceptors (Lipinski definition) is 8. The second-order valence-electron chi connectivity index (χ2n) is 21.9. The first-order chi connectivity index (χ1) is 36.4. The highest BCUT2D eigenvalue weighted by molar-refractivity contribution is 5.77. The van der Waals surface area contributed by atoms with Gasteiger partial charge in [-0.3, -0.25) is 19.2 Å². The minimum absolute atomic E-state index is 0.0720. The summed E-state index contributed by atoms with van der Waals surface area (Å²) in [6, 6.07) is 26.2. The number of methoxy groups -OCH3 is 2. The molecule has 0 spiro atoms. The van der Waals surface area contributed by atoms with Crippen LogP contribution < -0.4 is 20.1 Å². The van der Waals surface area contributed by atoms with E-state index in [0.717, 1.165) is 138 Å². The molecule has 1 heterocycles. The number of aliphatic hydroxyl groups is 1. The van der Waals surface area contributed by atoms with Crippen LogP contribution in [0.4, 0.5) is 0 Å². The predicted molar refractivity (Wildman–Crippen MR) is 301 cm³/mol. The van der Waals surface area contributed by atoms with Crippen molar-refractivity contribution in [3.63, 3.8) is 0 Å². The molecule has 3 amide bonds. The van der Waals surface area contributed by atoms with Gasteiger partial charge < -0.3 is 40.0 Å². The molecule has 3 aromatic carbocycles. The zero-order valence-electron chi connectivity index (χ0n) is 46.7. The van der Waals surface area contributed by atoms with Crippen molar-refractivity contribution in [3.05, 3.63) is 95.6 Å². The molecule has 1 aliphatic rings. The highest BCUT2D eigenvalue weighted by Gasteiger charge is 2.54. The van der Waals surface area contributed by atoms with Crippen molar-refractivity contribution in [2.45, 2.75) is 199 Å². The Morgan fingerprint density at radius 3 is 1.25 bits per heavy atom. The number of carboxylic acids is 1. The van der Waals surface area contributed by atoms with E-state index in [1.807, 2.05) is 71.6 Å². The molecule has 0 radical (unpaired) electrons. The minimum Gasteiger partial charge on any atom is -0.497 e. The summed E-state index contributed by atoms with van der Waals surface area (Å²) >= 11 is 0. The Morgan fingerprint density at radius 2 is 0.853 bits per heavy atom. The normalized spacial score (nSPS) is 16.5.